The smallest absolute Gasteiger partial charge is 0.236 e. The first-order chi connectivity index (χ1) is 7.52. The highest BCUT2D eigenvalue weighted by Gasteiger charge is 2.09. The largest absolute Gasteiger partial charge is 0.348 e. The van der Waals surface area contributed by atoms with Crippen molar-refractivity contribution in [2.24, 2.45) is 0 Å². The quantitative estimate of drug-likeness (QED) is 0.621. The Morgan fingerprint density at radius 3 is 2.06 bits per heavy atom. The zero-order valence-electron chi connectivity index (χ0n) is 10.7. The zero-order chi connectivity index (χ0) is 12.6. The van der Waals surface area contributed by atoms with Crippen LogP contribution in [-0.2, 0) is 9.59 Å². The Labute approximate surface area is 97.8 Å². The Bertz CT molecular complexity index is 225. The number of likely N-dealkylation sites (N-methyl/N-ethyl adjacent to an activating group) is 1. The van der Waals surface area contributed by atoms with Crippen molar-refractivity contribution in [3.63, 3.8) is 0 Å². The van der Waals surface area contributed by atoms with E-state index in [4.69, 9.17) is 0 Å². The molecule has 2 amide bonds. The normalized spacial score (nSPS) is 10.0. The molecule has 0 heterocycles. The van der Waals surface area contributed by atoms with Crippen molar-refractivity contribution in [2.75, 3.05) is 40.3 Å². The number of rotatable bonds is 7. The van der Waals surface area contributed by atoms with Gasteiger partial charge in [0.15, 0.2) is 0 Å². The monoisotopic (exact) mass is 229 g/mol. The maximum atomic E-state index is 11.6. The molecule has 0 fully saturated rings. The first-order valence-electron chi connectivity index (χ1n) is 5.71. The Morgan fingerprint density at radius 1 is 1.06 bits per heavy atom. The van der Waals surface area contributed by atoms with Crippen LogP contribution < -0.4 is 5.32 Å². The molecule has 5 nitrogen and oxygen atoms in total. The molecule has 0 rings (SSSR count). The molecule has 0 unspecified atom stereocenters. The van der Waals surface area contributed by atoms with Gasteiger partial charge < -0.3 is 15.1 Å². The van der Waals surface area contributed by atoms with Crippen LogP contribution in [-0.4, -0.2) is 61.9 Å². The van der Waals surface area contributed by atoms with E-state index < -0.39 is 0 Å². The summed E-state index contributed by atoms with van der Waals surface area (Å²) in [5.41, 5.74) is 0. The summed E-state index contributed by atoms with van der Waals surface area (Å²) in [5.74, 6) is 0.157. The van der Waals surface area contributed by atoms with Gasteiger partial charge in [-0.25, -0.2) is 0 Å². The van der Waals surface area contributed by atoms with Crippen LogP contribution in [0.15, 0.2) is 0 Å². The predicted molar refractivity (Wildman–Crippen MR) is 64.1 cm³/mol. The van der Waals surface area contributed by atoms with Gasteiger partial charge in [-0.3, -0.25) is 9.59 Å². The Balaban J connectivity index is 3.66. The Hall–Kier alpha value is -1.10. The van der Waals surface area contributed by atoms with Crippen molar-refractivity contribution in [1.29, 1.82) is 0 Å². The van der Waals surface area contributed by atoms with Gasteiger partial charge in [0.05, 0.1) is 6.54 Å². The van der Waals surface area contributed by atoms with Crippen molar-refractivity contribution in [3.05, 3.63) is 0 Å². The number of amides is 2. The molecule has 0 aromatic heterocycles. The molecule has 16 heavy (non-hydrogen) atoms. The van der Waals surface area contributed by atoms with E-state index in [0.717, 1.165) is 13.1 Å². The van der Waals surface area contributed by atoms with Crippen molar-refractivity contribution < 1.29 is 9.59 Å². The molecule has 0 aromatic carbocycles. The number of nitrogens with zero attached hydrogens (tertiary/aromatic N) is 2. The fourth-order valence-electron chi connectivity index (χ4n) is 1.28. The SMILES string of the molecule is CCN(CC)C(=O)CCNCC(=O)N(C)C. The second kappa shape index (κ2) is 8.10. The summed E-state index contributed by atoms with van der Waals surface area (Å²) in [6, 6.07) is 0. The lowest BCUT2D eigenvalue weighted by molar-refractivity contribution is -0.131. The van der Waals surface area contributed by atoms with Gasteiger partial charge in [-0.1, -0.05) is 0 Å². The van der Waals surface area contributed by atoms with Gasteiger partial charge in [-0.15, -0.1) is 0 Å². The molecule has 5 heteroatoms. The van der Waals surface area contributed by atoms with Gasteiger partial charge in [-0.2, -0.15) is 0 Å². The van der Waals surface area contributed by atoms with Crippen LogP contribution >= 0.6 is 0 Å². The lowest BCUT2D eigenvalue weighted by atomic mass is 10.3. The molecule has 0 saturated carbocycles. The second-order valence-electron chi connectivity index (χ2n) is 3.78. The third-order valence-corrected chi connectivity index (χ3v) is 2.41. The van der Waals surface area contributed by atoms with Crippen LogP contribution in [0.5, 0.6) is 0 Å². The summed E-state index contributed by atoms with van der Waals surface area (Å²) in [5, 5.41) is 2.96. The highest BCUT2D eigenvalue weighted by Crippen LogP contribution is 1.92. The fraction of sp³-hybridized carbons (Fsp3) is 0.818. The molecule has 94 valence electrons. The minimum atomic E-state index is 0.0234. The number of carbonyl (C=O) groups is 2. The van der Waals surface area contributed by atoms with E-state index in [0.29, 0.717) is 19.5 Å². The third kappa shape index (κ3) is 5.70. The molecule has 0 atom stereocenters. The number of hydrogen-bond donors (Lipinski definition) is 1. The molecule has 0 bridgehead atoms. The van der Waals surface area contributed by atoms with Crippen LogP contribution in [0, 0.1) is 0 Å². The molecule has 1 N–H and O–H groups in total. The summed E-state index contributed by atoms with van der Waals surface area (Å²) in [7, 11) is 3.43. The Kier molecular flexibility index (Phi) is 7.54. The first kappa shape index (κ1) is 14.9. The lowest BCUT2D eigenvalue weighted by Gasteiger charge is -2.18. The van der Waals surface area contributed by atoms with Gasteiger partial charge >= 0.3 is 0 Å². The molecule has 0 aliphatic carbocycles. The lowest BCUT2D eigenvalue weighted by Crippen LogP contribution is -2.36. The van der Waals surface area contributed by atoms with Gasteiger partial charge in [0.25, 0.3) is 0 Å². The van der Waals surface area contributed by atoms with Crippen LogP contribution in [0.4, 0.5) is 0 Å². The van der Waals surface area contributed by atoms with Crippen molar-refractivity contribution in [2.45, 2.75) is 20.3 Å². The molecule has 0 saturated heterocycles. The zero-order valence-corrected chi connectivity index (χ0v) is 10.7. The van der Waals surface area contributed by atoms with Crippen LogP contribution in [0.3, 0.4) is 0 Å². The molecule has 0 aliphatic heterocycles. The van der Waals surface area contributed by atoms with Gasteiger partial charge in [0.2, 0.25) is 11.8 Å². The van der Waals surface area contributed by atoms with Gasteiger partial charge in [0.1, 0.15) is 0 Å². The van der Waals surface area contributed by atoms with Crippen molar-refractivity contribution in [1.82, 2.24) is 15.1 Å². The van der Waals surface area contributed by atoms with E-state index in [1.54, 1.807) is 19.0 Å². The summed E-state index contributed by atoms with van der Waals surface area (Å²) >= 11 is 0. The highest BCUT2D eigenvalue weighted by atomic mass is 16.2. The van der Waals surface area contributed by atoms with E-state index >= 15 is 0 Å². The van der Waals surface area contributed by atoms with E-state index in [1.165, 1.54) is 4.90 Å². The average Bonchev–Trinajstić information content (AvgIpc) is 2.25. The first-order valence-corrected chi connectivity index (χ1v) is 5.71. The summed E-state index contributed by atoms with van der Waals surface area (Å²) in [6.45, 7) is 6.25. The molecule has 0 aliphatic rings. The summed E-state index contributed by atoms with van der Waals surface area (Å²) < 4.78 is 0. The number of hydrogen-bond acceptors (Lipinski definition) is 3. The second-order valence-corrected chi connectivity index (χ2v) is 3.78. The average molecular weight is 229 g/mol. The van der Waals surface area contributed by atoms with Crippen LogP contribution in [0.25, 0.3) is 0 Å². The molecular weight excluding hydrogens is 206 g/mol. The molecule has 0 aromatic rings. The van der Waals surface area contributed by atoms with Crippen molar-refractivity contribution >= 4 is 11.8 Å². The minimum absolute atomic E-state index is 0.0234. The molecule has 0 radical (unpaired) electrons. The fourth-order valence-corrected chi connectivity index (χ4v) is 1.28. The number of carbonyl (C=O) groups excluding carboxylic acids is 2. The molecular formula is C11H23N3O2. The predicted octanol–water partition coefficient (Wildman–Crippen LogP) is -0.0773. The van der Waals surface area contributed by atoms with Gasteiger partial charge in [0, 0.05) is 40.2 Å². The molecule has 0 spiro atoms. The van der Waals surface area contributed by atoms with E-state index in [-0.39, 0.29) is 11.8 Å². The minimum Gasteiger partial charge on any atom is -0.348 e. The summed E-state index contributed by atoms with van der Waals surface area (Å²) in [4.78, 5) is 26.1. The van der Waals surface area contributed by atoms with E-state index in [1.807, 2.05) is 13.8 Å². The number of nitrogens with one attached hydrogen (secondary N) is 1. The Morgan fingerprint density at radius 2 is 1.62 bits per heavy atom. The highest BCUT2D eigenvalue weighted by molar-refractivity contribution is 5.78. The van der Waals surface area contributed by atoms with Gasteiger partial charge in [-0.05, 0) is 13.8 Å². The topological polar surface area (TPSA) is 52.7 Å². The maximum Gasteiger partial charge on any atom is 0.236 e. The standard InChI is InChI=1S/C11H23N3O2/c1-5-14(6-2)10(15)7-8-12-9-11(16)13(3)4/h12H,5-9H2,1-4H3. The summed E-state index contributed by atoms with van der Waals surface area (Å²) in [6.07, 6.45) is 0.447. The third-order valence-electron chi connectivity index (χ3n) is 2.41. The van der Waals surface area contributed by atoms with Crippen LogP contribution in [0.2, 0.25) is 0 Å². The van der Waals surface area contributed by atoms with E-state index in [9.17, 15) is 9.59 Å². The van der Waals surface area contributed by atoms with Crippen molar-refractivity contribution in [3.8, 4) is 0 Å². The van der Waals surface area contributed by atoms with Crippen LogP contribution in [0.1, 0.15) is 20.3 Å². The maximum absolute atomic E-state index is 11.6. The van der Waals surface area contributed by atoms with E-state index in [2.05, 4.69) is 5.32 Å².